The van der Waals surface area contributed by atoms with E-state index < -0.39 is 6.04 Å². The molecule has 0 heterocycles. The molecule has 0 saturated carbocycles. The number of hydrogen-bond donors (Lipinski definition) is 1. The summed E-state index contributed by atoms with van der Waals surface area (Å²) in [5.74, 6) is -0.00907. The molecule has 2 rings (SSSR count). The zero-order chi connectivity index (χ0) is 16.9. The highest BCUT2D eigenvalue weighted by Crippen LogP contribution is 2.21. The maximum absolute atomic E-state index is 12.9. The lowest BCUT2D eigenvalue weighted by Gasteiger charge is -2.32. The number of amides is 1. The minimum absolute atomic E-state index is 0.00907. The Hall–Kier alpha value is -2.13. The van der Waals surface area contributed by atoms with Gasteiger partial charge in [-0.25, -0.2) is 0 Å². The van der Waals surface area contributed by atoms with Gasteiger partial charge in [-0.05, 0) is 16.5 Å². The van der Waals surface area contributed by atoms with Crippen LogP contribution in [0.15, 0.2) is 60.7 Å². The number of nitrogens with two attached hydrogens (primary N) is 1. The van der Waals surface area contributed by atoms with Crippen molar-refractivity contribution < 1.29 is 4.79 Å². The zero-order valence-corrected chi connectivity index (χ0v) is 14.2. The van der Waals surface area contributed by atoms with Crippen molar-refractivity contribution in [3.63, 3.8) is 0 Å². The van der Waals surface area contributed by atoms with Gasteiger partial charge in [0, 0.05) is 13.1 Å². The number of nitrogens with zero attached hydrogens (tertiary/aromatic N) is 1. The molecule has 1 atom stereocenters. The van der Waals surface area contributed by atoms with Crippen molar-refractivity contribution in [1.29, 1.82) is 0 Å². The molecular formula is C20H26N2O. The molecule has 122 valence electrons. The van der Waals surface area contributed by atoms with Gasteiger partial charge in [-0.2, -0.15) is 0 Å². The van der Waals surface area contributed by atoms with Crippen molar-refractivity contribution in [1.82, 2.24) is 4.90 Å². The highest BCUT2D eigenvalue weighted by molar-refractivity contribution is 5.82. The minimum Gasteiger partial charge on any atom is -0.333 e. The Morgan fingerprint density at radius 3 is 1.65 bits per heavy atom. The summed E-state index contributed by atoms with van der Waals surface area (Å²) < 4.78 is 0. The lowest BCUT2D eigenvalue weighted by molar-refractivity contribution is -0.136. The van der Waals surface area contributed by atoms with Gasteiger partial charge < -0.3 is 10.6 Å². The summed E-state index contributed by atoms with van der Waals surface area (Å²) in [4.78, 5) is 14.7. The van der Waals surface area contributed by atoms with Crippen molar-refractivity contribution in [2.45, 2.75) is 39.9 Å². The van der Waals surface area contributed by atoms with Gasteiger partial charge in [0.25, 0.3) is 0 Å². The topological polar surface area (TPSA) is 46.3 Å². The molecule has 2 aromatic rings. The van der Waals surface area contributed by atoms with E-state index in [0.29, 0.717) is 13.1 Å². The van der Waals surface area contributed by atoms with Crippen LogP contribution < -0.4 is 5.73 Å². The van der Waals surface area contributed by atoms with Gasteiger partial charge in [-0.15, -0.1) is 0 Å². The van der Waals surface area contributed by atoms with Crippen LogP contribution >= 0.6 is 0 Å². The molecule has 3 nitrogen and oxygen atoms in total. The lowest BCUT2D eigenvalue weighted by Crippen LogP contribution is -2.49. The Kier molecular flexibility index (Phi) is 5.56. The quantitative estimate of drug-likeness (QED) is 0.917. The fraction of sp³-hybridized carbons (Fsp3) is 0.350. The summed E-state index contributed by atoms with van der Waals surface area (Å²) in [6.45, 7) is 7.13. The second-order valence-electron chi connectivity index (χ2n) is 7.01. The largest absolute Gasteiger partial charge is 0.333 e. The fourth-order valence-electron chi connectivity index (χ4n) is 2.39. The van der Waals surface area contributed by atoms with Crippen LogP contribution in [0.5, 0.6) is 0 Å². The maximum atomic E-state index is 12.9. The first-order valence-electron chi connectivity index (χ1n) is 8.00. The predicted octanol–water partition coefficient (Wildman–Crippen LogP) is 3.59. The van der Waals surface area contributed by atoms with E-state index in [0.717, 1.165) is 11.1 Å². The van der Waals surface area contributed by atoms with Crippen molar-refractivity contribution in [3.05, 3.63) is 71.8 Å². The molecule has 0 unspecified atom stereocenters. The zero-order valence-electron chi connectivity index (χ0n) is 14.2. The van der Waals surface area contributed by atoms with Gasteiger partial charge in [-0.3, -0.25) is 4.79 Å². The molecule has 0 fully saturated rings. The molecule has 0 radical (unpaired) electrons. The minimum atomic E-state index is -0.519. The van der Waals surface area contributed by atoms with Crippen molar-refractivity contribution in [3.8, 4) is 0 Å². The molecule has 0 aliphatic heterocycles. The fourth-order valence-corrected chi connectivity index (χ4v) is 2.39. The summed E-state index contributed by atoms with van der Waals surface area (Å²) >= 11 is 0. The molecule has 1 amide bonds. The Balaban J connectivity index is 2.22. The van der Waals surface area contributed by atoms with Crippen LogP contribution in [0.2, 0.25) is 0 Å². The molecular weight excluding hydrogens is 284 g/mol. The molecule has 23 heavy (non-hydrogen) atoms. The first-order chi connectivity index (χ1) is 10.9. The second kappa shape index (κ2) is 7.42. The molecule has 2 aromatic carbocycles. The average molecular weight is 310 g/mol. The molecule has 0 aromatic heterocycles. The van der Waals surface area contributed by atoms with E-state index in [1.807, 2.05) is 86.3 Å². The maximum Gasteiger partial charge on any atom is 0.240 e. The van der Waals surface area contributed by atoms with E-state index in [-0.39, 0.29) is 11.3 Å². The lowest BCUT2D eigenvalue weighted by atomic mass is 9.86. The molecule has 0 aliphatic carbocycles. The van der Waals surface area contributed by atoms with E-state index in [4.69, 9.17) is 5.73 Å². The van der Waals surface area contributed by atoms with Crippen molar-refractivity contribution in [2.24, 2.45) is 11.1 Å². The van der Waals surface area contributed by atoms with Crippen LogP contribution in [-0.4, -0.2) is 16.8 Å². The van der Waals surface area contributed by atoms with Gasteiger partial charge in [-0.1, -0.05) is 81.4 Å². The third-order valence-electron chi connectivity index (χ3n) is 3.94. The average Bonchev–Trinajstić information content (AvgIpc) is 2.54. The van der Waals surface area contributed by atoms with Crippen LogP contribution in [0.1, 0.15) is 31.9 Å². The molecule has 0 bridgehead atoms. The predicted molar refractivity (Wildman–Crippen MR) is 94.6 cm³/mol. The third kappa shape index (κ3) is 4.93. The second-order valence-corrected chi connectivity index (χ2v) is 7.01. The summed E-state index contributed by atoms with van der Waals surface area (Å²) in [6, 6.07) is 19.5. The number of benzene rings is 2. The van der Waals surface area contributed by atoms with E-state index >= 15 is 0 Å². The van der Waals surface area contributed by atoms with Gasteiger partial charge in [0.05, 0.1) is 6.04 Å². The van der Waals surface area contributed by atoms with E-state index in [9.17, 15) is 4.79 Å². The first-order valence-corrected chi connectivity index (χ1v) is 8.00. The van der Waals surface area contributed by atoms with Gasteiger partial charge in [0.15, 0.2) is 0 Å². The number of carbonyl (C=O) groups excluding carboxylic acids is 1. The van der Waals surface area contributed by atoms with E-state index in [2.05, 4.69) is 0 Å². The number of hydrogen-bond acceptors (Lipinski definition) is 2. The highest BCUT2D eigenvalue weighted by atomic mass is 16.2. The van der Waals surface area contributed by atoms with Crippen LogP contribution in [-0.2, 0) is 17.9 Å². The molecule has 0 saturated heterocycles. The molecule has 0 spiro atoms. The van der Waals surface area contributed by atoms with Crippen LogP contribution in [0.25, 0.3) is 0 Å². The van der Waals surface area contributed by atoms with E-state index in [1.165, 1.54) is 0 Å². The van der Waals surface area contributed by atoms with Crippen molar-refractivity contribution >= 4 is 5.91 Å². The van der Waals surface area contributed by atoms with Crippen LogP contribution in [0.4, 0.5) is 0 Å². The Morgan fingerprint density at radius 1 is 0.913 bits per heavy atom. The van der Waals surface area contributed by atoms with Crippen molar-refractivity contribution in [2.75, 3.05) is 0 Å². The van der Waals surface area contributed by atoms with Crippen LogP contribution in [0, 0.1) is 5.41 Å². The van der Waals surface area contributed by atoms with Gasteiger partial charge in [0.2, 0.25) is 5.91 Å². The monoisotopic (exact) mass is 310 g/mol. The molecule has 0 aliphatic rings. The molecule has 3 heteroatoms. The summed E-state index contributed by atoms with van der Waals surface area (Å²) in [5.41, 5.74) is 8.17. The molecule has 2 N–H and O–H groups in total. The third-order valence-corrected chi connectivity index (χ3v) is 3.94. The van der Waals surface area contributed by atoms with Gasteiger partial charge in [0.1, 0.15) is 0 Å². The smallest absolute Gasteiger partial charge is 0.240 e. The SMILES string of the molecule is CC(C)(C)[C@H](N)C(=O)N(Cc1ccccc1)Cc1ccccc1. The highest BCUT2D eigenvalue weighted by Gasteiger charge is 2.31. The van der Waals surface area contributed by atoms with Gasteiger partial charge >= 0.3 is 0 Å². The summed E-state index contributed by atoms with van der Waals surface area (Å²) in [7, 11) is 0. The normalized spacial score (nSPS) is 12.7. The number of rotatable bonds is 5. The Labute approximate surface area is 139 Å². The Bertz CT molecular complexity index is 576. The number of carbonyl (C=O) groups is 1. The van der Waals surface area contributed by atoms with E-state index in [1.54, 1.807) is 0 Å². The first kappa shape index (κ1) is 17.2. The standard InChI is InChI=1S/C20H26N2O/c1-20(2,3)18(21)19(23)22(14-16-10-6-4-7-11-16)15-17-12-8-5-9-13-17/h4-13,18H,14-15,21H2,1-3H3/t18-/m1/s1. The Morgan fingerprint density at radius 2 is 1.30 bits per heavy atom. The summed E-state index contributed by atoms with van der Waals surface area (Å²) in [6.07, 6.45) is 0. The summed E-state index contributed by atoms with van der Waals surface area (Å²) in [5, 5.41) is 0. The van der Waals surface area contributed by atoms with Crippen LogP contribution in [0.3, 0.4) is 0 Å².